The Morgan fingerprint density at radius 2 is 2.04 bits per heavy atom. The highest BCUT2D eigenvalue weighted by atomic mass is 16.5. The Kier molecular flexibility index (Phi) is 7.46. The number of ether oxygens (including phenoxy) is 2. The molecule has 0 saturated heterocycles. The minimum Gasteiger partial charge on any atom is -0.508 e. The number of hydrogen-bond acceptors (Lipinski definition) is 5. The standard InChI is InChI=1S/C23H30O5/c1-16(7-5-9-19(15-24)22(26)27-4)8-6-11-23(3)12-10-18-14-20(25)13-17(2)21(18)28-23/h8-10,12-14,24-25H,5-7,11,15H2,1-4H3. The van der Waals surface area contributed by atoms with E-state index in [1.165, 1.54) is 12.7 Å². The van der Waals surface area contributed by atoms with Gasteiger partial charge in [0.05, 0.1) is 19.3 Å². The molecule has 1 heterocycles. The molecule has 2 N–H and O–H groups in total. The summed E-state index contributed by atoms with van der Waals surface area (Å²) in [4.78, 5) is 11.4. The van der Waals surface area contributed by atoms with Crippen molar-refractivity contribution in [1.82, 2.24) is 0 Å². The van der Waals surface area contributed by atoms with Crippen molar-refractivity contribution in [2.45, 2.75) is 52.1 Å². The molecule has 1 aliphatic rings. The monoisotopic (exact) mass is 386 g/mol. The quantitative estimate of drug-likeness (QED) is 0.392. The molecule has 0 saturated carbocycles. The third-order valence-corrected chi connectivity index (χ3v) is 4.92. The Bertz CT molecular complexity index is 803. The van der Waals surface area contributed by atoms with Gasteiger partial charge in [0, 0.05) is 5.56 Å². The van der Waals surface area contributed by atoms with E-state index in [-0.39, 0.29) is 18.0 Å². The highest BCUT2D eigenvalue weighted by Crippen LogP contribution is 2.38. The van der Waals surface area contributed by atoms with Crippen molar-refractivity contribution in [2.24, 2.45) is 0 Å². The number of aliphatic hydroxyl groups excluding tert-OH is 1. The largest absolute Gasteiger partial charge is 0.508 e. The number of hydrogen-bond donors (Lipinski definition) is 2. The lowest BCUT2D eigenvalue weighted by Crippen LogP contribution is -2.32. The van der Waals surface area contributed by atoms with Crippen molar-refractivity contribution >= 4 is 12.0 Å². The molecule has 0 amide bonds. The van der Waals surface area contributed by atoms with Crippen LogP contribution in [0, 0.1) is 6.92 Å². The van der Waals surface area contributed by atoms with E-state index in [4.69, 9.17) is 4.74 Å². The van der Waals surface area contributed by atoms with Gasteiger partial charge in [-0.3, -0.25) is 0 Å². The zero-order valence-electron chi connectivity index (χ0n) is 17.1. The molecule has 0 bridgehead atoms. The number of esters is 1. The summed E-state index contributed by atoms with van der Waals surface area (Å²) < 4.78 is 10.9. The van der Waals surface area contributed by atoms with Gasteiger partial charge in [-0.2, -0.15) is 0 Å². The molecular weight excluding hydrogens is 356 g/mol. The second-order valence-electron chi connectivity index (χ2n) is 7.44. The number of aromatic hydroxyl groups is 1. The van der Waals surface area contributed by atoms with Crippen LogP contribution in [0.5, 0.6) is 11.5 Å². The highest BCUT2D eigenvalue weighted by molar-refractivity contribution is 5.88. The molecule has 0 aliphatic carbocycles. The number of allylic oxidation sites excluding steroid dienone is 3. The molecule has 1 unspecified atom stereocenters. The van der Waals surface area contributed by atoms with Crippen LogP contribution >= 0.6 is 0 Å². The second kappa shape index (κ2) is 9.60. The number of aryl methyl sites for hydroxylation is 1. The van der Waals surface area contributed by atoms with E-state index in [0.717, 1.165) is 36.1 Å². The Morgan fingerprint density at radius 3 is 2.71 bits per heavy atom. The Hall–Kier alpha value is -2.53. The number of phenols is 1. The lowest BCUT2D eigenvalue weighted by Gasteiger charge is -2.32. The number of fused-ring (bicyclic) bond motifs is 1. The van der Waals surface area contributed by atoms with Gasteiger partial charge in [-0.15, -0.1) is 0 Å². The van der Waals surface area contributed by atoms with Crippen LogP contribution in [-0.2, 0) is 9.53 Å². The van der Waals surface area contributed by atoms with Crippen LogP contribution in [-0.4, -0.2) is 35.5 Å². The van der Waals surface area contributed by atoms with E-state index in [2.05, 4.69) is 24.7 Å². The van der Waals surface area contributed by atoms with E-state index in [1.54, 1.807) is 18.2 Å². The van der Waals surface area contributed by atoms with Gasteiger partial charge in [-0.25, -0.2) is 4.79 Å². The van der Waals surface area contributed by atoms with E-state index in [0.29, 0.717) is 12.0 Å². The minimum atomic E-state index is -0.484. The molecule has 0 radical (unpaired) electrons. The molecule has 0 aromatic heterocycles. The molecular formula is C23H30O5. The van der Waals surface area contributed by atoms with Crippen molar-refractivity contribution in [3.63, 3.8) is 0 Å². The fourth-order valence-electron chi connectivity index (χ4n) is 3.24. The van der Waals surface area contributed by atoms with Gasteiger partial charge >= 0.3 is 5.97 Å². The number of phenolic OH excluding ortho intramolecular Hbond substituents is 1. The first-order valence-corrected chi connectivity index (χ1v) is 9.53. The number of benzene rings is 1. The average Bonchev–Trinajstić information content (AvgIpc) is 2.65. The Morgan fingerprint density at radius 1 is 1.29 bits per heavy atom. The van der Waals surface area contributed by atoms with Crippen LogP contribution < -0.4 is 4.74 Å². The van der Waals surface area contributed by atoms with E-state index in [9.17, 15) is 15.0 Å². The summed E-state index contributed by atoms with van der Waals surface area (Å²) in [5.41, 5.74) is 2.96. The maximum absolute atomic E-state index is 11.4. The molecule has 28 heavy (non-hydrogen) atoms. The van der Waals surface area contributed by atoms with Crippen molar-refractivity contribution in [3.05, 3.63) is 52.6 Å². The molecule has 1 aromatic carbocycles. The predicted molar refractivity (Wildman–Crippen MR) is 110 cm³/mol. The third kappa shape index (κ3) is 5.73. The summed E-state index contributed by atoms with van der Waals surface area (Å²) in [5, 5.41) is 18.9. The van der Waals surface area contributed by atoms with Gasteiger partial charge in [0.1, 0.15) is 17.1 Å². The topological polar surface area (TPSA) is 76.0 Å². The van der Waals surface area contributed by atoms with Gasteiger partial charge in [-0.05, 0) is 70.2 Å². The summed E-state index contributed by atoms with van der Waals surface area (Å²) in [6, 6.07) is 3.43. The first-order chi connectivity index (χ1) is 13.3. The summed E-state index contributed by atoms with van der Waals surface area (Å²) in [6.07, 6.45) is 11.2. The summed E-state index contributed by atoms with van der Waals surface area (Å²) in [6.45, 7) is 5.75. The summed E-state index contributed by atoms with van der Waals surface area (Å²) in [7, 11) is 1.31. The maximum atomic E-state index is 11.4. The number of carbonyl (C=O) groups is 1. The Balaban J connectivity index is 1.90. The van der Waals surface area contributed by atoms with Gasteiger partial charge in [-0.1, -0.05) is 23.8 Å². The van der Waals surface area contributed by atoms with Crippen LogP contribution in [0.2, 0.25) is 0 Å². The molecule has 1 aromatic rings. The maximum Gasteiger partial charge on any atom is 0.335 e. The Labute approximate surface area is 167 Å². The van der Waals surface area contributed by atoms with Crippen LogP contribution in [0.25, 0.3) is 6.08 Å². The minimum absolute atomic E-state index is 0.247. The van der Waals surface area contributed by atoms with Crippen molar-refractivity contribution in [1.29, 1.82) is 0 Å². The van der Waals surface area contributed by atoms with Gasteiger partial charge in [0.25, 0.3) is 0 Å². The van der Waals surface area contributed by atoms with Crippen molar-refractivity contribution in [3.8, 4) is 11.5 Å². The third-order valence-electron chi connectivity index (χ3n) is 4.92. The SMILES string of the molecule is COC(=O)C(=CCCC(C)=CCCC1(C)C=Cc2cc(O)cc(C)c2O1)CO. The first-order valence-electron chi connectivity index (χ1n) is 9.53. The highest BCUT2D eigenvalue weighted by Gasteiger charge is 2.27. The molecule has 1 atom stereocenters. The average molecular weight is 386 g/mol. The normalized spacial score (nSPS) is 19.2. The van der Waals surface area contributed by atoms with Crippen LogP contribution in [0.15, 0.2) is 41.5 Å². The summed E-state index contributed by atoms with van der Waals surface area (Å²) >= 11 is 0. The number of rotatable bonds is 8. The lowest BCUT2D eigenvalue weighted by atomic mass is 9.93. The predicted octanol–water partition coefficient (Wildman–Crippen LogP) is 4.46. The molecule has 0 spiro atoms. The zero-order chi connectivity index (χ0) is 20.7. The molecule has 5 nitrogen and oxygen atoms in total. The fourth-order valence-corrected chi connectivity index (χ4v) is 3.24. The number of methoxy groups -OCH3 is 1. The molecule has 5 heteroatoms. The second-order valence-corrected chi connectivity index (χ2v) is 7.44. The lowest BCUT2D eigenvalue weighted by molar-refractivity contribution is -0.136. The molecule has 0 fully saturated rings. The van der Waals surface area contributed by atoms with Crippen LogP contribution in [0.4, 0.5) is 0 Å². The van der Waals surface area contributed by atoms with Crippen LogP contribution in [0.3, 0.4) is 0 Å². The zero-order valence-corrected chi connectivity index (χ0v) is 17.1. The first kappa shape index (κ1) is 21.8. The molecule has 152 valence electrons. The summed E-state index contributed by atoms with van der Waals surface area (Å²) in [5.74, 6) is 0.590. The van der Waals surface area contributed by atoms with E-state index >= 15 is 0 Å². The van der Waals surface area contributed by atoms with Gasteiger partial charge in [0.2, 0.25) is 0 Å². The van der Waals surface area contributed by atoms with Crippen molar-refractivity contribution in [2.75, 3.05) is 13.7 Å². The van der Waals surface area contributed by atoms with E-state index in [1.807, 2.05) is 19.1 Å². The smallest absolute Gasteiger partial charge is 0.335 e. The fraction of sp³-hybridized carbons (Fsp3) is 0.435. The van der Waals surface area contributed by atoms with Gasteiger partial charge < -0.3 is 19.7 Å². The van der Waals surface area contributed by atoms with Gasteiger partial charge in [0.15, 0.2) is 0 Å². The number of aliphatic hydroxyl groups is 1. The van der Waals surface area contributed by atoms with Crippen molar-refractivity contribution < 1.29 is 24.5 Å². The molecule has 1 aliphatic heterocycles. The molecule has 2 rings (SSSR count). The number of carbonyl (C=O) groups excluding carboxylic acids is 1. The van der Waals surface area contributed by atoms with E-state index < -0.39 is 5.97 Å². The van der Waals surface area contributed by atoms with Crippen LogP contribution in [0.1, 0.15) is 50.7 Å².